The third-order valence-electron chi connectivity index (χ3n) is 4.20. The Morgan fingerprint density at radius 1 is 0.421 bits per heavy atom. The predicted octanol–water partition coefficient (Wildman–Crippen LogP) is 5.79. The number of rotatable bonds is 7. The number of hydrogen-bond acceptors (Lipinski definition) is 4. The van der Waals surface area contributed by atoms with Crippen molar-refractivity contribution in [1.82, 2.24) is 0 Å². The summed E-state index contributed by atoms with van der Waals surface area (Å²) in [5.74, 6) is -35.9. The summed E-state index contributed by atoms with van der Waals surface area (Å²) in [5, 5.41) is -16.7. The van der Waals surface area contributed by atoms with Gasteiger partial charge < -0.3 is 0 Å². The summed E-state index contributed by atoms with van der Waals surface area (Å²) in [6.07, 6.45) is -15.8. The fourth-order valence-electron chi connectivity index (χ4n) is 2.26. The quantitative estimate of drug-likeness (QED) is 0.214. The molecule has 0 N–H and O–H groups in total. The van der Waals surface area contributed by atoms with Gasteiger partial charge in [-0.05, 0) is 0 Å². The molecule has 0 aliphatic carbocycles. The smallest absolute Gasteiger partial charge is 0.221 e. The number of alkyl halides is 14. The van der Waals surface area contributed by atoms with Gasteiger partial charge in [0.15, 0.2) is 23.3 Å². The van der Waals surface area contributed by atoms with Crippen molar-refractivity contribution >= 4 is 19.7 Å². The van der Waals surface area contributed by atoms with Gasteiger partial charge in [0.1, 0.15) is 0 Å². The van der Waals surface area contributed by atoms with E-state index in [-0.39, 0.29) is 0 Å². The molecule has 0 radical (unpaired) electrons. The van der Waals surface area contributed by atoms with Crippen molar-refractivity contribution in [2.75, 3.05) is 0 Å². The van der Waals surface area contributed by atoms with Crippen LogP contribution in [0, 0.1) is 29.1 Å². The Balaban J connectivity index is 4.52. The zero-order valence-corrected chi connectivity index (χ0v) is 17.8. The first-order valence-corrected chi connectivity index (χ1v) is 11.0. The molecule has 0 aliphatic heterocycles. The van der Waals surface area contributed by atoms with Crippen molar-refractivity contribution in [3.05, 3.63) is 34.6 Å². The van der Waals surface area contributed by atoms with Crippen LogP contribution in [-0.4, -0.2) is 51.5 Å². The normalized spacial score (nSPS) is 15.4. The van der Waals surface area contributed by atoms with Crippen LogP contribution in [-0.2, 0) is 19.7 Å². The van der Waals surface area contributed by atoms with Crippen LogP contribution in [0.4, 0.5) is 83.4 Å². The highest BCUT2D eigenvalue weighted by atomic mass is 32.3. The second-order valence-electron chi connectivity index (χ2n) is 6.58. The van der Waals surface area contributed by atoms with Crippen molar-refractivity contribution in [2.24, 2.45) is 0 Å². The fraction of sp³-hybridized carbons (Fsp3) is 0.538. The van der Waals surface area contributed by atoms with E-state index < -0.39 is 93.6 Å². The Bertz CT molecular complexity index is 1230. The maximum atomic E-state index is 14.0. The minimum Gasteiger partial charge on any atom is -0.221 e. The molecule has 0 aliphatic rings. The van der Waals surface area contributed by atoms with E-state index in [1.165, 1.54) is 0 Å². The number of halogens is 19. The number of hydrogen-bond donors (Lipinski definition) is 0. The van der Waals surface area contributed by atoms with E-state index in [4.69, 9.17) is 0 Å². The molecular weight excluding hydrogens is 645 g/mol. The van der Waals surface area contributed by atoms with Gasteiger partial charge in [-0.1, -0.05) is 0 Å². The molecule has 1 aromatic carbocycles. The van der Waals surface area contributed by atoms with Gasteiger partial charge in [-0.2, -0.15) is 61.5 Å². The fourth-order valence-corrected chi connectivity index (χ4v) is 6.84. The van der Waals surface area contributed by atoms with Crippen LogP contribution >= 0.6 is 0 Å². The molecule has 0 unspecified atom stereocenters. The Morgan fingerprint density at radius 3 is 0.842 bits per heavy atom. The molecule has 0 bridgehead atoms. The van der Waals surface area contributed by atoms with E-state index in [0.717, 1.165) is 0 Å². The molecule has 1 aromatic rings. The van der Waals surface area contributed by atoms with Gasteiger partial charge in [0.05, 0.1) is 5.56 Å². The minimum absolute atomic E-state index is 3.54. The third-order valence-corrected chi connectivity index (χ3v) is 9.26. The van der Waals surface area contributed by atoms with Gasteiger partial charge in [-0.25, -0.2) is 38.8 Å². The molecule has 0 heterocycles. The van der Waals surface area contributed by atoms with Gasteiger partial charge in [0.25, 0.3) is 0 Å². The number of benzene rings is 1. The van der Waals surface area contributed by atoms with Crippen LogP contribution in [0.1, 0.15) is 10.1 Å². The average molecular weight is 646 g/mol. The summed E-state index contributed by atoms with van der Waals surface area (Å²) >= 11 is 0. The standard InChI is InChI=1S/C13HF19O4S2/c14-2-1(3(15)5(17)6(18)4(2)16)7(37(33,34)12(29,30)8(19,20)10(23,24)25)38(35,36)13(31,32)9(21,22)11(26,27)28/h7H. The summed E-state index contributed by atoms with van der Waals surface area (Å²) in [7, 11) is -18.5. The lowest BCUT2D eigenvalue weighted by molar-refractivity contribution is -0.332. The van der Waals surface area contributed by atoms with Gasteiger partial charge >= 0.3 is 34.7 Å². The second-order valence-corrected chi connectivity index (χ2v) is 11.0. The molecule has 1 rings (SSSR count). The zero-order chi connectivity index (χ0) is 31.0. The minimum atomic E-state index is -9.24. The summed E-state index contributed by atoms with van der Waals surface area (Å²) in [6.45, 7) is 0. The molecule has 38 heavy (non-hydrogen) atoms. The molecule has 0 saturated heterocycles. The molecule has 0 amide bonds. The third kappa shape index (κ3) is 4.31. The maximum Gasteiger partial charge on any atom is 0.461 e. The molecular formula is C13HF19O4S2. The first-order chi connectivity index (χ1) is 16.3. The lowest BCUT2D eigenvalue weighted by Gasteiger charge is -2.34. The van der Waals surface area contributed by atoms with Crippen LogP contribution < -0.4 is 0 Å². The van der Waals surface area contributed by atoms with Crippen LogP contribution in [0.2, 0.25) is 0 Å². The van der Waals surface area contributed by atoms with Crippen molar-refractivity contribution in [3.8, 4) is 0 Å². The first-order valence-electron chi connectivity index (χ1n) is 7.93. The van der Waals surface area contributed by atoms with E-state index in [9.17, 15) is 100 Å². The van der Waals surface area contributed by atoms with Gasteiger partial charge in [0, 0.05) is 0 Å². The molecule has 222 valence electrons. The highest BCUT2D eigenvalue weighted by Gasteiger charge is 2.85. The van der Waals surface area contributed by atoms with E-state index in [1.54, 1.807) is 0 Å². The summed E-state index contributed by atoms with van der Waals surface area (Å²) in [5.41, 5.74) is -4.25. The van der Waals surface area contributed by atoms with Crippen molar-refractivity contribution in [1.29, 1.82) is 0 Å². The van der Waals surface area contributed by atoms with Crippen LogP contribution in [0.15, 0.2) is 0 Å². The highest BCUT2D eigenvalue weighted by Crippen LogP contribution is 2.58. The first kappa shape index (κ1) is 33.8. The van der Waals surface area contributed by atoms with Crippen LogP contribution in [0.3, 0.4) is 0 Å². The van der Waals surface area contributed by atoms with E-state index in [1.807, 2.05) is 0 Å². The van der Waals surface area contributed by atoms with Crippen molar-refractivity contribution < 1.29 is 100 Å². The lowest BCUT2D eigenvalue weighted by Crippen LogP contribution is -2.61. The van der Waals surface area contributed by atoms with Crippen molar-refractivity contribution in [3.63, 3.8) is 0 Å². The molecule has 0 atom stereocenters. The van der Waals surface area contributed by atoms with Gasteiger partial charge in [0.2, 0.25) is 30.1 Å². The molecule has 0 aromatic heterocycles. The average Bonchev–Trinajstić information content (AvgIpc) is 2.71. The van der Waals surface area contributed by atoms with Gasteiger partial charge in [-0.15, -0.1) is 0 Å². The Kier molecular flexibility index (Phi) is 7.92. The van der Waals surface area contributed by atoms with Crippen LogP contribution in [0.5, 0.6) is 0 Å². The zero-order valence-electron chi connectivity index (χ0n) is 16.2. The summed E-state index contributed by atoms with van der Waals surface area (Å²) < 4.78 is 292. The summed E-state index contributed by atoms with van der Waals surface area (Å²) in [4.78, 5) is 0. The second kappa shape index (κ2) is 8.90. The Labute approximate surface area is 194 Å². The number of sulfone groups is 2. The molecule has 0 spiro atoms. The highest BCUT2D eigenvalue weighted by molar-refractivity contribution is 8.09. The Morgan fingerprint density at radius 2 is 0.632 bits per heavy atom. The predicted molar refractivity (Wildman–Crippen MR) is 78.7 cm³/mol. The molecule has 25 heteroatoms. The maximum absolute atomic E-state index is 14.0. The van der Waals surface area contributed by atoms with Gasteiger partial charge in [-0.3, -0.25) is 0 Å². The molecule has 0 saturated carbocycles. The molecule has 4 nitrogen and oxygen atoms in total. The topological polar surface area (TPSA) is 68.3 Å². The SMILES string of the molecule is O=S(=O)(C(c1c(F)c(F)c(F)c(F)c1F)S(=O)(=O)C(F)(F)C(F)(F)C(F)(F)F)C(F)(F)C(F)(F)C(F)(F)F. The van der Waals surface area contributed by atoms with E-state index in [2.05, 4.69) is 0 Å². The summed E-state index contributed by atoms with van der Waals surface area (Å²) in [6, 6.07) is 0. The van der Waals surface area contributed by atoms with Crippen molar-refractivity contribution in [2.45, 2.75) is 39.3 Å². The van der Waals surface area contributed by atoms with E-state index in [0.29, 0.717) is 0 Å². The Hall–Kier alpha value is -2.21. The largest absolute Gasteiger partial charge is 0.461 e. The van der Waals surface area contributed by atoms with Crippen LogP contribution in [0.25, 0.3) is 0 Å². The monoisotopic (exact) mass is 646 g/mol. The van der Waals surface area contributed by atoms with E-state index >= 15 is 0 Å². The molecule has 0 fully saturated rings. The lowest BCUT2D eigenvalue weighted by atomic mass is 10.2.